The summed E-state index contributed by atoms with van der Waals surface area (Å²) in [5.74, 6) is 0.185. The van der Waals surface area contributed by atoms with Gasteiger partial charge in [-0.1, -0.05) is 24.3 Å². The highest BCUT2D eigenvalue weighted by atomic mass is 16.5. The maximum Gasteiger partial charge on any atom is 0.325 e. The number of ether oxygens (including phenoxy) is 1. The second kappa shape index (κ2) is 5.64. The Hall–Kier alpha value is -1.88. The minimum Gasteiger partial charge on any atom is -0.381 e. The number of nitrogens with zero attached hydrogens (tertiary/aromatic N) is 1. The summed E-state index contributed by atoms with van der Waals surface area (Å²) in [6.07, 6.45) is 4.57. The standard InChI is InChI=1S/C18H22N2O3/c21-16-18(9-4-3-6-14-5-1-2-7-15(14)18)19-17(22)20(16)11-13-8-10-23-12-13/h1-2,5,7,13H,3-4,6,8-12H2,(H,19,22). The molecule has 0 bridgehead atoms. The van der Waals surface area contributed by atoms with E-state index in [1.165, 1.54) is 10.5 Å². The summed E-state index contributed by atoms with van der Waals surface area (Å²) in [4.78, 5) is 27.1. The molecule has 0 aromatic heterocycles. The van der Waals surface area contributed by atoms with Gasteiger partial charge in [0.2, 0.25) is 0 Å². The van der Waals surface area contributed by atoms with Crippen molar-refractivity contribution in [3.8, 4) is 0 Å². The Kier molecular flexibility index (Phi) is 3.60. The molecule has 2 fully saturated rings. The highest BCUT2D eigenvalue weighted by Gasteiger charge is 2.53. The Morgan fingerprint density at radius 2 is 2.13 bits per heavy atom. The van der Waals surface area contributed by atoms with Crippen LogP contribution in [0.1, 0.15) is 36.8 Å². The minimum atomic E-state index is -0.858. The summed E-state index contributed by atoms with van der Waals surface area (Å²) in [7, 11) is 0. The molecular weight excluding hydrogens is 292 g/mol. The second-order valence-electron chi connectivity index (χ2n) is 6.85. The summed E-state index contributed by atoms with van der Waals surface area (Å²) in [6, 6.07) is 7.79. The van der Waals surface area contributed by atoms with Crippen molar-refractivity contribution in [1.29, 1.82) is 0 Å². The predicted octanol–water partition coefficient (Wildman–Crippen LogP) is 2.20. The summed E-state index contributed by atoms with van der Waals surface area (Å²) >= 11 is 0. The number of carbonyl (C=O) groups excluding carboxylic acids is 2. The monoisotopic (exact) mass is 314 g/mol. The molecule has 122 valence electrons. The van der Waals surface area contributed by atoms with Gasteiger partial charge in [0, 0.05) is 19.1 Å². The zero-order valence-electron chi connectivity index (χ0n) is 13.2. The number of amides is 3. The average Bonchev–Trinajstić information content (AvgIpc) is 3.09. The molecule has 2 unspecified atom stereocenters. The second-order valence-corrected chi connectivity index (χ2v) is 6.85. The Labute approximate surface area is 136 Å². The van der Waals surface area contributed by atoms with Gasteiger partial charge in [0.05, 0.1) is 6.61 Å². The molecule has 3 aliphatic rings. The van der Waals surface area contributed by atoms with Crippen LogP contribution in [0.5, 0.6) is 0 Å². The van der Waals surface area contributed by atoms with Crippen LogP contribution in [0.3, 0.4) is 0 Å². The van der Waals surface area contributed by atoms with Gasteiger partial charge >= 0.3 is 6.03 Å². The first kappa shape index (κ1) is 14.7. The third-order valence-electron chi connectivity index (χ3n) is 5.37. The van der Waals surface area contributed by atoms with E-state index in [1.807, 2.05) is 18.2 Å². The van der Waals surface area contributed by atoms with Crippen LogP contribution in [-0.2, 0) is 21.5 Å². The largest absolute Gasteiger partial charge is 0.381 e. The van der Waals surface area contributed by atoms with E-state index in [1.54, 1.807) is 0 Å². The molecular formula is C18H22N2O3. The fourth-order valence-corrected chi connectivity index (χ4v) is 4.12. The molecule has 1 spiro atoms. The zero-order chi connectivity index (χ0) is 15.9. The molecule has 1 aliphatic carbocycles. The van der Waals surface area contributed by atoms with Crippen LogP contribution >= 0.6 is 0 Å². The Balaban J connectivity index is 1.68. The Bertz CT molecular complexity index is 639. The van der Waals surface area contributed by atoms with Crippen molar-refractivity contribution < 1.29 is 14.3 Å². The van der Waals surface area contributed by atoms with Crippen LogP contribution in [0.2, 0.25) is 0 Å². The van der Waals surface area contributed by atoms with Crippen molar-refractivity contribution >= 4 is 11.9 Å². The molecule has 2 atom stereocenters. The van der Waals surface area contributed by atoms with E-state index in [-0.39, 0.29) is 17.9 Å². The summed E-state index contributed by atoms with van der Waals surface area (Å²) in [5.41, 5.74) is 1.31. The topological polar surface area (TPSA) is 58.6 Å². The maximum absolute atomic E-state index is 13.2. The van der Waals surface area contributed by atoms with Crippen LogP contribution in [0.4, 0.5) is 4.79 Å². The fourth-order valence-electron chi connectivity index (χ4n) is 4.12. The highest BCUT2D eigenvalue weighted by Crippen LogP contribution is 2.39. The predicted molar refractivity (Wildman–Crippen MR) is 84.8 cm³/mol. The number of fused-ring (bicyclic) bond motifs is 2. The number of hydrogen-bond donors (Lipinski definition) is 1. The zero-order valence-corrected chi connectivity index (χ0v) is 13.2. The summed E-state index contributed by atoms with van der Waals surface area (Å²) in [5, 5.41) is 3.04. The van der Waals surface area contributed by atoms with Gasteiger partial charge in [-0.25, -0.2) is 4.79 Å². The van der Waals surface area contributed by atoms with Crippen LogP contribution in [0.25, 0.3) is 0 Å². The summed E-state index contributed by atoms with van der Waals surface area (Å²) < 4.78 is 5.38. The number of urea groups is 1. The number of benzene rings is 1. The average molecular weight is 314 g/mol. The number of aryl methyl sites for hydroxylation is 1. The van der Waals surface area contributed by atoms with Gasteiger partial charge in [-0.05, 0) is 43.2 Å². The third kappa shape index (κ3) is 2.34. The summed E-state index contributed by atoms with van der Waals surface area (Å²) in [6.45, 7) is 1.83. The van der Waals surface area contributed by atoms with E-state index in [2.05, 4.69) is 11.4 Å². The van der Waals surface area contributed by atoms with Gasteiger partial charge in [-0.15, -0.1) is 0 Å². The van der Waals surface area contributed by atoms with Crippen LogP contribution in [0, 0.1) is 5.92 Å². The lowest BCUT2D eigenvalue weighted by atomic mass is 9.84. The van der Waals surface area contributed by atoms with E-state index in [0.29, 0.717) is 19.6 Å². The Morgan fingerprint density at radius 1 is 1.26 bits per heavy atom. The van der Waals surface area contributed by atoms with E-state index in [0.717, 1.165) is 37.9 Å². The third-order valence-corrected chi connectivity index (χ3v) is 5.37. The van der Waals surface area contributed by atoms with Gasteiger partial charge in [0.15, 0.2) is 0 Å². The molecule has 0 saturated carbocycles. The quantitative estimate of drug-likeness (QED) is 0.851. The smallest absolute Gasteiger partial charge is 0.325 e. The number of rotatable bonds is 2. The molecule has 5 heteroatoms. The van der Waals surface area contributed by atoms with Gasteiger partial charge < -0.3 is 10.1 Å². The number of carbonyl (C=O) groups is 2. The Morgan fingerprint density at radius 3 is 2.96 bits per heavy atom. The van der Waals surface area contributed by atoms with Gasteiger partial charge in [-0.3, -0.25) is 9.69 Å². The molecule has 2 saturated heterocycles. The van der Waals surface area contributed by atoms with Gasteiger partial charge in [0.25, 0.3) is 5.91 Å². The molecule has 3 amide bonds. The fraction of sp³-hybridized carbons (Fsp3) is 0.556. The lowest BCUT2D eigenvalue weighted by Crippen LogP contribution is -2.44. The molecule has 2 aliphatic heterocycles. The van der Waals surface area contributed by atoms with Crippen LogP contribution < -0.4 is 5.32 Å². The van der Waals surface area contributed by atoms with Gasteiger partial charge in [0.1, 0.15) is 5.54 Å². The number of imide groups is 1. The van der Waals surface area contributed by atoms with Crippen molar-refractivity contribution in [3.63, 3.8) is 0 Å². The number of hydrogen-bond acceptors (Lipinski definition) is 3. The van der Waals surface area contributed by atoms with Crippen LogP contribution in [0.15, 0.2) is 24.3 Å². The molecule has 2 heterocycles. The first-order chi connectivity index (χ1) is 11.2. The van der Waals surface area contributed by atoms with Crippen LogP contribution in [-0.4, -0.2) is 36.6 Å². The molecule has 5 nitrogen and oxygen atoms in total. The first-order valence-corrected chi connectivity index (χ1v) is 8.51. The molecule has 1 N–H and O–H groups in total. The number of nitrogens with one attached hydrogen (secondary N) is 1. The van der Waals surface area contributed by atoms with E-state index < -0.39 is 5.54 Å². The van der Waals surface area contributed by atoms with E-state index in [9.17, 15) is 9.59 Å². The van der Waals surface area contributed by atoms with Crippen molar-refractivity contribution in [3.05, 3.63) is 35.4 Å². The molecule has 0 radical (unpaired) electrons. The lowest BCUT2D eigenvalue weighted by Gasteiger charge is -2.27. The van der Waals surface area contributed by atoms with Crippen molar-refractivity contribution in [1.82, 2.24) is 10.2 Å². The van der Waals surface area contributed by atoms with Crippen molar-refractivity contribution in [2.45, 2.75) is 37.6 Å². The van der Waals surface area contributed by atoms with Crippen molar-refractivity contribution in [2.24, 2.45) is 5.92 Å². The van der Waals surface area contributed by atoms with E-state index >= 15 is 0 Å². The molecule has 1 aromatic rings. The lowest BCUT2D eigenvalue weighted by molar-refractivity contribution is -0.132. The van der Waals surface area contributed by atoms with E-state index in [4.69, 9.17) is 4.74 Å². The van der Waals surface area contributed by atoms with Crippen molar-refractivity contribution in [2.75, 3.05) is 19.8 Å². The molecule has 23 heavy (non-hydrogen) atoms. The maximum atomic E-state index is 13.2. The normalized spacial score (nSPS) is 30.4. The molecule has 4 rings (SSSR count). The first-order valence-electron chi connectivity index (χ1n) is 8.51. The minimum absolute atomic E-state index is 0.0799. The van der Waals surface area contributed by atoms with Gasteiger partial charge in [-0.2, -0.15) is 0 Å². The SMILES string of the molecule is O=C1NC2(CCCCc3ccccc32)C(=O)N1CC1CCOC1. The highest BCUT2D eigenvalue weighted by molar-refractivity contribution is 6.07. The molecule has 1 aromatic carbocycles.